The largest absolute Gasteiger partial charge is 1.00 e. The van der Waals surface area contributed by atoms with E-state index in [2.05, 4.69) is 91.0 Å². The highest BCUT2D eigenvalue weighted by atomic mass is 79.9. The van der Waals surface area contributed by atoms with Crippen molar-refractivity contribution >= 4 is 34.7 Å². The molecule has 0 saturated carbocycles. The van der Waals surface area contributed by atoms with Gasteiger partial charge in [-0.15, -0.1) is 0 Å². The molecule has 3 aromatic carbocycles. The Morgan fingerprint density at radius 1 is 0.523 bits per heavy atom. The fourth-order valence-corrected chi connectivity index (χ4v) is 10.7. The molecule has 0 radical (unpaired) electrons. The lowest BCUT2D eigenvalue weighted by atomic mass is 9.89. The summed E-state index contributed by atoms with van der Waals surface area (Å²) in [4.78, 5) is 25.4. The number of Topliss-reactive ketones (excluding diaryl/α,β-unsaturated/α-hetero) is 2. The topological polar surface area (TPSA) is 52.6 Å². The molecule has 0 amide bonds. The summed E-state index contributed by atoms with van der Waals surface area (Å²) in [5.74, 6) is -0.412. The van der Waals surface area contributed by atoms with Crippen molar-refractivity contribution in [1.82, 2.24) is 0 Å². The van der Waals surface area contributed by atoms with Crippen LogP contribution >= 0.6 is 7.26 Å². The second kappa shape index (κ2) is 18.1. The first-order valence-electron chi connectivity index (χ1n) is 15.7. The molecule has 0 aliphatic heterocycles. The van der Waals surface area contributed by atoms with Crippen LogP contribution in [0.2, 0.25) is 0 Å². The molecular formula is C38H46BrO4P. The van der Waals surface area contributed by atoms with Gasteiger partial charge in [0.25, 0.3) is 0 Å². The standard InChI is InChI=1S/C38H46O4P.BrH/c1-30-34(36(40)38(42-3)37(41-2)35(30)39)28-20-9-7-5-4-6-8-10-21-29-43(31-22-14-11-15-23-31,32-24-16-12-17-25-32)33-26-18-13-19-27-33;/h11-19,22-27H,4-10,20-21,28-29H2,1-3H3;1H/q+1;/p-1. The van der Waals surface area contributed by atoms with Crippen LogP contribution in [0.3, 0.4) is 0 Å². The lowest BCUT2D eigenvalue weighted by Gasteiger charge is -2.27. The zero-order valence-electron chi connectivity index (χ0n) is 26.4. The van der Waals surface area contributed by atoms with Gasteiger partial charge in [0.1, 0.15) is 23.2 Å². The predicted octanol–water partition coefficient (Wildman–Crippen LogP) is 4.86. The van der Waals surface area contributed by atoms with E-state index >= 15 is 0 Å². The first-order valence-corrected chi connectivity index (χ1v) is 17.7. The fourth-order valence-electron chi connectivity index (χ4n) is 6.26. The fraction of sp³-hybridized carbons (Fsp3) is 0.368. The summed E-state index contributed by atoms with van der Waals surface area (Å²) in [6.45, 7) is 1.71. The number of allylic oxidation sites excluding steroid dienone is 2. The molecule has 0 fully saturated rings. The van der Waals surface area contributed by atoms with E-state index in [0.29, 0.717) is 17.6 Å². The van der Waals surface area contributed by atoms with Gasteiger partial charge in [0.2, 0.25) is 23.1 Å². The van der Waals surface area contributed by atoms with Crippen molar-refractivity contribution in [2.75, 3.05) is 20.4 Å². The number of benzene rings is 3. The molecule has 1 aliphatic rings. The van der Waals surface area contributed by atoms with Crippen molar-refractivity contribution in [3.8, 4) is 0 Å². The van der Waals surface area contributed by atoms with E-state index in [9.17, 15) is 9.59 Å². The monoisotopic (exact) mass is 676 g/mol. The van der Waals surface area contributed by atoms with Crippen molar-refractivity contribution in [3.05, 3.63) is 114 Å². The summed E-state index contributed by atoms with van der Waals surface area (Å²) in [6.07, 6.45) is 12.3. The maximum absolute atomic E-state index is 12.8. The van der Waals surface area contributed by atoms with E-state index in [4.69, 9.17) is 9.47 Å². The van der Waals surface area contributed by atoms with Gasteiger partial charge in [-0.1, -0.05) is 93.1 Å². The van der Waals surface area contributed by atoms with Crippen LogP contribution in [0.5, 0.6) is 0 Å². The van der Waals surface area contributed by atoms with Crippen molar-refractivity contribution in [2.45, 2.75) is 71.1 Å². The van der Waals surface area contributed by atoms with E-state index in [1.54, 1.807) is 6.92 Å². The predicted molar refractivity (Wildman–Crippen MR) is 180 cm³/mol. The van der Waals surface area contributed by atoms with Crippen molar-refractivity contribution in [1.29, 1.82) is 0 Å². The third-order valence-electron chi connectivity index (χ3n) is 8.61. The summed E-state index contributed by atoms with van der Waals surface area (Å²) in [6, 6.07) is 33.5. The molecule has 4 rings (SSSR count). The van der Waals surface area contributed by atoms with E-state index in [1.807, 2.05) is 0 Å². The number of hydrogen-bond acceptors (Lipinski definition) is 4. The highest BCUT2D eigenvalue weighted by Gasteiger charge is 2.44. The molecule has 0 saturated heterocycles. The van der Waals surface area contributed by atoms with Crippen LogP contribution in [0.25, 0.3) is 0 Å². The molecule has 0 unspecified atom stereocenters. The molecule has 0 atom stereocenters. The molecule has 1 aliphatic carbocycles. The van der Waals surface area contributed by atoms with Crippen LogP contribution in [0, 0.1) is 0 Å². The van der Waals surface area contributed by atoms with Crippen molar-refractivity contribution in [2.24, 2.45) is 0 Å². The summed E-state index contributed by atoms with van der Waals surface area (Å²) in [5, 5.41) is 4.39. The molecule has 3 aromatic rings. The van der Waals surface area contributed by atoms with Gasteiger partial charge in [-0.25, -0.2) is 0 Å². The minimum atomic E-state index is -1.73. The zero-order valence-corrected chi connectivity index (χ0v) is 28.9. The lowest BCUT2D eigenvalue weighted by Crippen LogP contribution is -3.00. The van der Waals surface area contributed by atoms with E-state index in [1.165, 1.54) is 74.8 Å². The molecule has 234 valence electrons. The van der Waals surface area contributed by atoms with Crippen LogP contribution in [-0.4, -0.2) is 31.9 Å². The SMILES string of the molecule is COC1=C(OC)C(=O)C(CCCCCCCCCCC[P+](c2ccccc2)(c2ccccc2)c2ccccc2)=C(C)C1=O.[Br-]. The Balaban J connectivity index is 0.00000529. The number of carbonyl (C=O) groups is 2. The Labute approximate surface area is 275 Å². The highest BCUT2D eigenvalue weighted by molar-refractivity contribution is 7.95. The number of ketones is 2. The molecule has 0 bridgehead atoms. The Bertz CT molecular complexity index is 1300. The molecule has 6 heteroatoms. The normalized spacial score (nSPS) is 13.6. The van der Waals surface area contributed by atoms with E-state index < -0.39 is 7.26 Å². The summed E-state index contributed by atoms with van der Waals surface area (Å²) in [7, 11) is 1.07. The van der Waals surface area contributed by atoms with Crippen LogP contribution in [0.4, 0.5) is 0 Å². The number of hydrogen-bond donors (Lipinski definition) is 0. The molecule has 0 heterocycles. The minimum Gasteiger partial charge on any atom is -1.00 e. The maximum Gasteiger partial charge on any atom is 0.228 e. The quantitative estimate of drug-likeness (QED) is 0.117. The Morgan fingerprint density at radius 2 is 0.886 bits per heavy atom. The maximum atomic E-state index is 12.8. The molecule has 44 heavy (non-hydrogen) atoms. The number of carbonyl (C=O) groups excluding carboxylic acids is 2. The zero-order chi connectivity index (χ0) is 30.5. The molecule has 0 N–H and O–H groups in total. The average Bonchev–Trinajstić information content (AvgIpc) is 3.06. The van der Waals surface area contributed by atoms with Gasteiger partial charge in [0.15, 0.2) is 0 Å². The smallest absolute Gasteiger partial charge is 0.228 e. The minimum absolute atomic E-state index is 0. The van der Waals surface area contributed by atoms with Crippen LogP contribution in [0.15, 0.2) is 114 Å². The molecule has 0 spiro atoms. The van der Waals surface area contributed by atoms with E-state index in [-0.39, 0.29) is 40.1 Å². The van der Waals surface area contributed by atoms with Gasteiger partial charge < -0.3 is 26.5 Å². The second-order valence-electron chi connectivity index (χ2n) is 11.3. The number of rotatable bonds is 17. The highest BCUT2D eigenvalue weighted by Crippen LogP contribution is 2.56. The number of halogens is 1. The number of methoxy groups -OCH3 is 2. The van der Waals surface area contributed by atoms with Crippen molar-refractivity contribution < 1.29 is 36.0 Å². The Hall–Kier alpha value is -3.01. The van der Waals surface area contributed by atoms with Crippen LogP contribution < -0.4 is 32.9 Å². The van der Waals surface area contributed by atoms with Crippen LogP contribution in [0.1, 0.15) is 71.1 Å². The first kappa shape index (κ1) is 35.5. The third-order valence-corrected chi connectivity index (χ3v) is 13.1. The van der Waals surface area contributed by atoms with E-state index in [0.717, 1.165) is 19.3 Å². The Kier molecular flexibility index (Phi) is 14.6. The number of ether oxygens (including phenoxy) is 2. The first-order chi connectivity index (χ1) is 21.0. The van der Waals surface area contributed by atoms with Gasteiger partial charge in [0, 0.05) is 11.1 Å². The Morgan fingerprint density at radius 3 is 1.30 bits per heavy atom. The lowest BCUT2D eigenvalue weighted by molar-refractivity contribution is -0.121. The summed E-state index contributed by atoms with van der Waals surface area (Å²) < 4.78 is 10.3. The van der Waals surface area contributed by atoms with Gasteiger partial charge >= 0.3 is 0 Å². The molecule has 0 aromatic heterocycles. The van der Waals surface area contributed by atoms with Crippen molar-refractivity contribution in [3.63, 3.8) is 0 Å². The molecular weight excluding hydrogens is 631 g/mol. The van der Waals surface area contributed by atoms with Gasteiger partial charge in [-0.2, -0.15) is 0 Å². The van der Waals surface area contributed by atoms with Gasteiger partial charge in [-0.05, 0) is 69.0 Å². The third kappa shape index (κ3) is 8.37. The van der Waals surface area contributed by atoms with Gasteiger partial charge in [-0.3, -0.25) is 9.59 Å². The van der Waals surface area contributed by atoms with Crippen LogP contribution in [-0.2, 0) is 19.1 Å². The summed E-state index contributed by atoms with van der Waals surface area (Å²) in [5.41, 5.74) is 1.06. The summed E-state index contributed by atoms with van der Waals surface area (Å²) >= 11 is 0. The second-order valence-corrected chi connectivity index (χ2v) is 14.9. The molecule has 4 nitrogen and oxygen atoms in total. The van der Waals surface area contributed by atoms with Gasteiger partial charge in [0.05, 0.1) is 20.4 Å². The number of unbranched alkanes of at least 4 members (excludes halogenated alkanes) is 8. The average molecular weight is 678 g/mol.